The first-order valence-electron chi connectivity index (χ1n) is 27.8. The summed E-state index contributed by atoms with van der Waals surface area (Å²) in [4.78, 5) is 15.3. The molecule has 7 aromatic rings. The maximum atomic E-state index is 18.2. The molecular formula is C60H46F16N12. The van der Waals surface area contributed by atoms with Crippen molar-refractivity contribution in [2.75, 3.05) is 124 Å². The van der Waals surface area contributed by atoms with Gasteiger partial charge < -0.3 is 50.4 Å². The van der Waals surface area contributed by atoms with Gasteiger partial charge in [0.1, 0.15) is 28.4 Å². The lowest BCUT2D eigenvalue weighted by atomic mass is 9.90. The van der Waals surface area contributed by atoms with Gasteiger partial charge in [-0.15, -0.1) is 0 Å². The summed E-state index contributed by atoms with van der Waals surface area (Å²) in [5, 5.41) is 11.5. The monoisotopic (exact) mass is 1240 g/mol. The molecule has 3 aromatic heterocycles. The summed E-state index contributed by atoms with van der Waals surface area (Å²) >= 11 is 0. The van der Waals surface area contributed by atoms with E-state index in [9.17, 15) is 0 Å². The number of halogens is 16. The van der Waals surface area contributed by atoms with E-state index in [1.807, 2.05) is 0 Å². The molecule has 88 heavy (non-hydrogen) atoms. The van der Waals surface area contributed by atoms with Crippen LogP contribution in [0.4, 0.5) is 93.0 Å². The predicted molar refractivity (Wildman–Crippen MR) is 300 cm³/mol. The number of benzene rings is 4. The number of fused-ring (bicyclic) bond motifs is 8. The van der Waals surface area contributed by atoms with E-state index >= 15 is 70.2 Å². The molecule has 0 unspecified atom stereocenters. The van der Waals surface area contributed by atoms with Crippen LogP contribution < -0.4 is 40.9 Å². The third-order valence-corrected chi connectivity index (χ3v) is 16.3. The van der Waals surface area contributed by atoms with Crippen LogP contribution in [0.15, 0.2) is 30.3 Å². The molecule has 458 valence electrons. The Bertz CT molecular complexity index is 4190. The van der Waals surface area contributed by atoms with Gasteiger partial charge in [0.05, 0.1) is 50.5 Å². The fraction of sp³-hybridized carbons (Fsp3) is 0.267. The van der Waals surface area contributed by atoms with Gasteiger partial charge in [0.2, 0.25) is 0 Å². The SMILES string of the molecule is Fc1c(F)c(N2CCNCC2)c(F)c(F)c1-c1c(-c2c(F)c(F)c(N3CCNCC3)c(F)c2F)c2c(-c3c(F)c(F)c(N4CCNCC4)c(F)c3F)c3nc(cc4ccc(cc5nc(cc1n2-c1c(F)c(F)c(N2CCNCC2)c(F)c1F)C=C5)[nH]4)C=C3. The smallest absolute Gasteiger partial charge is 0.188 e. The Hall–Kier alpha value is -8.60. The Labute approximate surface area is 488 Å². The van der Waals surface area contributed by atoms with Gasteiger partial charge in [-0.3, -0.25) is 0 Å². The Morgan fingerprint density at radius 1 is 0.295 bits per heavy atom. The summed E-state index contributed by atoms with van der Waals surface area (Å²) in [7, 11) is 0. The van der Waals surface area contributed by atoms with Crippen molar-refractivity contribution in [1.29, 1.82) is 0 Å². The highest BCUT2D eigenvalue weighted by Gasteiger charge is 2.43. The van der Waals surface area contributed by atoms with E-state index in [4.69, 9.17) is 0 Å². The Morgan fingerprint density at radius 2 is 0.591 bits per heavy atom. The van der Waals surface area contributed by atoms with Crippen LogP contribution in [0.1, 0.15) is 22.8 Å². The van der Waals surface area contributed by atoms with Crippen molar-refractivity contribution in [1.82, 2.24) is 40.8 Å². The first-order chi connectivity index (χ1) is 42.4. The van der Waals surface area contributed by atoms with Crippen molar-refractivity contribution in [2.45, 2.75) is 0 Å². The molecule has 5 N–H and O–H groups in total. The maximum Gasteiger partial charge on any atom is 0.188 e. The molecule has 0 atom stereocenters. The highest BCUT2D eigenvalue weighted by atomic mass is 19.2. The molecule has 0 radical (unpaired) electrons. The highest BCUT2D eigenvalue weighted by Crippen LogP contribution is 2.54. The largest absolute Gasteiger partial charge is 0.364 e. The van der Waals surface area contributed by atoms with Crippen molar-refractivity contribution >= 4 is 69.1 Å². The van der Waals surface area contributed by atoms with Crippen LogP contribution in [0.25, 0.3) is 85.4 Å². The molecule has 13 rings (SSSR count). The molecule has 0 spiro atoms. The van der Waals surface area contributed by atoms with E-state index in [-0.39, 0.29) is 126 Å². The quantitative estimate of drug-likeness (QED) is 0.0746. The minimum Gasteiger partial charge on any atom is -0.364 e. The van der Waals surface area contributed by atoms with E-state index in [2.05, 4.69) is 36.2 Å². The van der Waals surface area contributed by atoms with Crippen LogP contribution in [0.2, 0.25) is 0 Å². The number of hydrogen-bond acceptors (Lipinski definition) is 10. The molecule has 9 heterocycles. The van der Waals surface area contributed by atoms with Crippen LogP contribution >= 0.6 is 0 Å². The first-order valence-corrected chi connectivity index (χ1v) is 27.8. The second kappa shape index (κ2) is 22.8. The fourth-order valence-corrected chi connectivity index (χ4v) is 12.3. The number of nitrogens with one attached hydrogen (secondary N) is 5. The van der Waals surface area contributed by atoms with Crippen molar-refractivity contribution in [3.63, 3.8) is 0 Å². The van der Waals surface area contributed by atoms with Gasteiger partial charge in [-0.2, -0.15) is 0 Å². The lowest BCUT2D eigenvalue weighted by Crippen LogP contribution is -2.44. The number of anilines is 4. The molecule has 6 aliphatic heterocycles. The van der Waals surface area contributed by atoms with Crippen LogP contribution in [0, 0.1) is 93.1 Å². The van der Waals surface area contributed by atoms with Gasteiger partial charge in [0.15, 0.2) is 93.1 Å². The van der Waals surface area contributed by atoms with Crippen LogP contribution in [-0.2, 0) is 0 Å². The highest BCUT2D eigenvalue weighted by molar-refractivity contribution is 6.12. The average Bonchev–Trinajstić information content (AvgIpc) is 1.52. The van der Waals surface area contributed by atoms with Gasteiger partial charge in [0.25, 0.3) is 0 Å². The van der Waals surface area contributed by atoms with Crippen LogP contribution in [0.5, 0.6) is 0 Å². The number of nitrogens with zero attached hydrogens (tertiary/aromatic N) is 7. The average molecular weight is 1240 g/mol. The molecule has 4 aromatic carbocycles. The number of aromatic nitrogens is 4. The molecule has 4 fully saturated rings. The zero-order valence-electron chi connectivity index (χ0n) is 45.7. The summed E-state index contributed by atoms with van der Waals surface area (Å²) in [6.07, 6.45) is 4.21. The summed E-state index contributed by atoms with van der Waals surface area (Å²) in [5.74, 6) is -38.1. The topological polar surface area (TPSA) is 108 Å². The Kier molecular flexibility index (Phi) is 15.2. The Morgan fingerprint density at radius 3 is 0.966 bits per heavy atom. The van der Waals surface area contributed by atoms with Crippen molar-refractivity contribution in [3.8, 4) is 39.1 Å². The molecule has 12 nitrogen and oxygen atoms in total. The lowest BCUT2D eigenvalue weighted by Gasteiger charge is -2.31. The molecule has 4 saturated heterocycles. The first kappa shape index (κ1) is 58.4. The van der Waals surface area contributed by atoms with Crippen LogP contribution in [0.3, 0.4) is 0 Å². The number of hydrogen-bond donors (Lipinski definition) is 5. The van der Waals surface area contributed by atoms with Gasteiger partial charge in [-0.25, -0.2) is 80.2 Å². The molecule has 0 aliphatic carbocycles. The zero-order valence-corrected chi connectivity index (χ0v) is 45.7. The molecule has 28 heteroatoms. The molecular weight excluding hydrogens is 1190 g/mol. The third kappa shape index (κ3) is 9.47. The summed E-state index contributed by atoms with van der Waals surface area (Å²) < 4.78 is 284. The molecule has 0 amide bonds. The number of H-pyrrole nitrogens is 1. The Balaban J connectivity index is 1.35. The second-order valence-electron chi connectivity index (χ2n) is 21.4. The number of rotatable bonds is 8. The van der Waals surface area contributed by atoms with Gasteiger partial charge in [-0.05, 0) is 54.6 Å². The fourth-order valence-electron chi connectivity index (χ4n) is 12.3. The van der Waals surface area contributed by atoms with Crippen molar-refractivity contribution < 1.29 is 70.2 Å². The van der Waals surface area contributed by atoms with Crippen molar-refractivity contribution in [2.24, 2.45) is 0 Å². The number of piperazine rings is 4. The zero-order chi connectivity index (χ0) is 61.7. The third-order valence-electron chi connectivity index (χ3n) is 16.3. The van der Waals surface area contributed by atoms with E-state index in [0.29, 0.717) is 11.6 Å². The van der Waals surface area contributed by atoms with E-state index in [1.54, 1.807) is 0 Å². The van der Waals surface area contributed by atoms with Crippen LogP contribution in [-0.4, -0.2) is 124 Å². The van der Waals surface area contributed by atoms with E-state index < -0.39 is 177 Å². The second-order valence-corrected chi connectivity index (χ2v) is 21.4. The lowest BCUT2D eigenvalue weighted by molar-refractivity contribution is 0.442. The minimum absolute atomic E-state index is 0.00791. The maximum absolute atomic E-state index is 18.2. The normalized spacial score (nSPS) is 16.5. The molecule has 0 saturated carbocycles. The predicted octanol–water partition coefficient (Wildman–Crippen LogP) is 11.0. The van der Waals surface area contributed by atoms with Gasteiger partial charge in [-0.1, -0.05) is 0 Å². The molecule has 6 aliphatic rings. The number of aromatic amines is 1. The van der Waals surface area contributed by atoms with Crippen molar-refractivity contribution in [3.05, 3.63) is 146 Å². The standard InChI is InChI=1S/C60H46F16N12/c61-39-36(40(62)46(68)56(45(39)67)84-15-7-77-8-16-84)33-31-6-5-29(83-31)24-28-2-1-26(81-28)23-27-3-4-30(82-27)25-32-34(37-41(63)47(69)57(48(70)42(37)64)85-17-9-78-10-18-85)35(38-43(65)49(71)58(50(72)44(38)66)86-19-11-79-12-20-86)55(33)88(32)60-53(75)51(73)59(52(74)54(60)76)87-21-13-80-14-22-87/h1-6,23-25,77-81H,7-22H2. The van der Waals surface area contributed by atoms with Gasteiger partial charge in [0, 0.05) is 132 Å². The summed E-state index contributed by atoms with van der Waals surface area (Å²) in [5.41, 5.74) is -24.2. The summed E-state index contributed by atoms with van der Waals surface area (Å²) in [6.45, 7) is -2.53. The summed E-state index contributed by atoms with van der Waals surface area (Å²) in [6, 6.07) is 6.24. The molecule has 8 bridgehead atoms. The minimum atomic E-state index is -2.57. The van der Waals surface area contributed by atoms with Gasteiger partial charge >= 0.3 is 0 Å². The van der Waals surface area contributed by atoms with E-state index in [1.165, 1.54) is 30.3 Å². The van der Waals surface area contributed by atoms with E-state index in [0.717, 1.165) is 37.8 Å².